The lowest BCUT2D eigenvalue weighted by Crippen LogP contribution is -2.20. The molecule has 3 heterocycles. The van der Waals surface area contributed by atoms with Gasteiger partial charge in [-0.25, -0.2) is 14.6 Å². The van der Waals surface area contributed by atoms with Crippen LogP contribution in [0.15, 0.2) is 79.4 Å². The van der Waals surface area contributed by atoms with Crippen LogP contribution in [0.5, 0.6) is 5.75 Å². The second-order valence-corrected chi connectivity index (χ2v) is 9.14. The van der Waals surface area contributed by atoms with Gasteiger partial charge >= 0.3 is 6.18 Å². The third-order valence-electron chi connectivity index (χ3n) is 6.08. The first-order valence-electron chi connectivity index (χ1n) is 12.6. The van der Waals surface area contributed by atoms with E-state index in [-0.39, 0.29) is 17.9 Å². The van der Waals surface area contributed by atoms with Crippen molar-refractivity contribution in [2.45, 2.75) is 19.2 Å². The Hall–Kier alpha value is -5.24. The number of hydrogen-bond acceptors (Lipinski definition) is 8. The number of carbonyl (C=O) groups is 1. The Bertz CT molecular complexity index is 1680. The lowest BCUT2D eigenvalue weighted by atomic mass is 10.1. The summed E-state index contributed by atoms with van der Waals surface area (Å²) in [5, 5.41) is 18.8. The van der Waals surface area contributed by atoms with Crippen LogP contribution >= 0.6 is 0 Å². The zero-order chi connectivity index (χ0) is 29.9. The number of nitrogens with one attached hydrogen (secondary N) is 2. The molecule has 3 N–H and O–H groups in total. The van der Waals surface area contributed by atoms with E-state index < -0.39 is 29.4 Å². The molecule has 0 bridgehead atoms. The molecule has 5 aromatic rings. The quantitative estimate of drug-likeness (QED) is 0.232. The molecule has 1 unspecified atom stereocenters. The molecule has 1 amide bonds. The van der Waals surface area contributed by atoms with Gasteiger partial charge in [0, 0.05) is 36.4 Å². The molecule has 0 fully saturated rings. The number of amides is 1. The zero-order valence-corrected chi connectivity index (χ0v) is 22.4. The zero-order valence-electron chi connectivity index (χ0n) is 22.4. The Morgan fingerprint density at radius 2 is 1.79 bits per heavy atom. The van der Waals surface area contributed by atoms with E-state index in [0.717, 1.165) is 6.20 Å². The van der Waals surface area contributed by atoms with E-state index in [1.165, 1.54) is 31.4 Å². The molecule has 14 heteroatoms. The second kappa shape index (κ2) is 11.7. The molecule has 42 heavy (non-hydrogen) atoms. The van der Waals surface area contributed by atoms with Crippen molar-refractivity contribution in [1.82, 2.24) is 29.3 Å². The van der Waals surface area contributed by atoms with Crippen molar-refractivity contribution >= 4 is 17.5 Å². The minimum absolute atomic E-state index is 0.122. The maximum atomic E-state index is 14.1. The topological polar surface area (TPSA) is 132 Å². The van der Waals surface area contributed by atoms with Gasteiger partial charge in [-0.15, -0.1) is 0 Å². The van der Waals surface area contributed by atoms with Crippen molar-refractivity contribution in [2.75, 3.05) is 24.3 Å². The smallest absolute Gasteiger partial charge is 0.434 e. The molecule has 0 saturated carbocycles. The van der Waals surface area contributed by atoms with E-state index in [2.05, 4.69) is 30.7 Å². The third kappa shape index (κ3) is 6.07. The van der Waals surface area contributed by atoms with Gasteiger partial charge in [-0.1, -0.05) is 0 Å². The molecule has 1 atom stereocenters. The number of aliphatic hydroxyl groups excluding tert-OH is 1. The lowest BCUT2D eigenvalue weighted by Gasteiger charge is -2.13. The van der Waals surface area contributed by atoms with E-state index in [1.54, 1.807) is 60.4 Å². The summed E-state index contributed by atoms with van der Waals surface area (Å²) >= 11 is 0. The fraction of sp³-hybridized carbons (Fsp3) is 0.179. The number of imidazole rings is 1. The number of carbonyl (C=O) groups excluding carboxylic acids is 1. The van der Waals surface area contributed by atoms with E-state index in [4.69, 9.17) is 4.74 Å². The summed E-state index contributed by atoms with van der Waals surface area (Å²) in [6.45, 7) is 1.92. The van der Waals surface area contributed by atoms with E-state index >= 15 is 0 Å². The molecule has 0 saturated heterocycles. The number of aliphatic hydroxyl groups is 1. The molecule has 0 spiro atoms. The maximum absolute atomic E-state index is 14.1. The van der Waals surface area contributed by atoms with Crippen LogP contribution in [-0.4, -0.2) is 60.1 Å². The summed E-state index contributed by atoms with van der Waals surface area (Å²) in [5.74, 6) is 0.897. The summed E-state index contributed by atoms with van der Waals surface area (Å²) in [5.41, 5.74) is -0.758. The Balaban J connectivity index is 1.36. The Labute approximate surface area is 237 Å². The van der Waals surface area contributed by atoms with Gasteiger partial charge in [-0.3, -0.25) is 9.36 Å². The van der Waals surface area contributed by atoms with Gasteiger partial charge in [0.25, 0.3) is 5.91 Å². The van der Waals surface area contributed by atoms with Crippen molar-refractivity contribution in [1.29, 1.82) is 0 Å². The van der Waals surface area contributed by atoms with Crippen molar-refractivity contribution in [2.24, 2.45) is 0 Å². The fourth-order valence-electron chi connectivity index (χ4n) is 4.12. The Kier molecular flexibility index (Phi) is 7.88. The van der Waals surface area contributed by atoms with Crippen molar-refractivity contribution in [3.63, 3.8) is 0 Å². The summed E-state index contributed by atoms with van der Waals surface area (Å²) in [6, 6.07) is 14.0. The van der Waals surface area contributed by atoms with Crippen LogP contribution in [0, 0.1) is 0 Å². The lowest BCUT2D eigenvalue weighted by molar-refractivity contribution is -0.143. The Morgan fingerprint density at radius 3 is 2.45 bits per heavy atom. The predicted molar refractivity (Wildman–Crippen MR) is 148 cm³/mol. The van der Waals surface area contributed by atoms with Gasteiger partial charge in [0.05, 0.1) is 30.7 Å². The highest BCUT2D eigenvalue weighted by Crippen LogP contribution is 2.34. The Morgan fingerprint density at radius 1 is 1.05 bits per heavy atom. The number of alkyl halides is 3. The van der Waals surface area contributed by atoms with E-state index in [1.807, 2.05) is 0 Å². The van der Waals surface area contributed by atoms with E-state index in [0.29, 0.717) is 33.6 Å². The molecule has 0 radical (unpaired) electrons. The second-order valence-electron chi connectivity index (χ2n) is 9.14. The largest absolute Gasteiger partial charge is 0.497 e. The SMILES string of the molecule is COc1ccc(-n2ncc(C(=O)Nc3ccc(-c4nccn4-c4ccnc(NCC(C)O)n4)cc3)c2C(F)(F)F)cc1. The number of nitrogens with zero attached hydrogens (tertiary/aromatic N) is 6. The minimum Gasteiger partial charge on any atom is -0.497 e. The summed E-state index contributed by atoms with van der Waals surface area (Å²) < 4.78 is 49.7. The molecule has 3 aromatic heterocycles. The van der Waals surface area contributed by atoms with Crippen molar-refractivity contribution < 1.29 is 27.8 Å². The number of methoxy groups -OCH3 is 1. The standard InChI is InChI=1S/C28H25F3N8O3/c1-17(40)15-34-27-33-12-11-23(37-27)38-14-13-32-25(38)18-3-5-19(6-4-18)36-26(41)22-16-35-39(24(22)28(29,30)31)20-7-9-21(42-2)10-8-20/h3-14,16-17,40H,15H2,1-2H3,(H,36,41)(H,33,34,37). The van der Waals surface area contributed by atoms with Crippen LogP contribution in [0.4, 0.5) is 24.8 Å². The van der Waals surface area contributed by atoms with Crippen LogP contribution < -0.4 is 15.4 Å². The number of ether oxygens (including phenoxy) is 1. The van der Waals surface area contributed by atoms with Crippen molar-refractivity contribution in [3.05, 3.63) is 90.6 Å². The normalized spacial score (nSPS) is 12.1. The highest BCUT2D eigenvalue weighted by atomic mass is 19.4. The first kappa shape index (κ1) is 28.3. The molecular weight excluding hydrogens is 553 g/mol. The number of rotatable bonds is 9. The number of aromatic nitrogens is 6. The van der Waals surface area contributed by atoms with Gasteiger partial charge in [0.2, 0.25) is 5.95 Å². The number of hydrogen-bond donors (Lipinski definition) is 3. The van der Waals surface area contributed by atoms with Gasteiger partial charge in [-0.2, -0.15) is 23.3 Å². The molecule has 0 aliphatic carbocycles. The van der Waals surface area contributed by atoms with Crippen molar-refractivity contribution in [3.8, 4) is 28.6 Å². The predicted octanol–water partition coefficient (Wildman–Crippen LogP) is 4.59. The molecule has 216 valence electrons. The monoisotopic (exact) mass is 578 g/mol. The first-order chi connectivity index (χ1) is 20.1. The molecule has 11 nitrogen and oxygen atoms in total. The minimum atomic E-state index is -4.85. The average molecular weight is 579 g/mol. The average Bonchev–Trinajstić information content (AvgIpc) is 3.65. The van der Waals surface area contributed by atoms with Gasteiger partial charge in [0.1, 0.15) is 17.4 Å². The molecule has 5 rings (SSSR count). The fourth-order valence-corrected chi connectivity index (χ4v) is 4.12. The van der Waals surface area contributed by atoms with Gasteiger partial charge in [0.15, 0.2) is 5.69 Å². The van der Waals surface area contributed by atoms with E-state index in [9.17, 15) is 23.1 Å². The molecule has 2 aromatic carbocycles. The van der Waals surface area contributed by atoms with Gasteiger partial charge in [-0.05, 0) is 61.5 Å². The summed E-state index contributed by atoms with van der Waals surface area (Å²) in [4.78, 5) is 26.0. The highest BCUT2D eigenvalue weighted by molar-refractivity contribution is 6.05. The number of benzene rings is 2. The summed E-state index contributed by atoms with van der Waals surface area (Å²) in [7, 11) is 1.44. The third-order valence-corrected chi connectivity index (χ3v) is 6.08. The number of halogens is 3. The van der Waals surface area contributed by atoms with Crippen LogP contribution in [0.1, 0.15) is 23.0 Å². The van der Waals surface area contributed by atoms with Crippen LogP contribution in [0.25, 0.3) is 22.9 Å². The van der Waals surface area contributed by atoms with Crippen LogP contribution in [-0.2, 0) is 6.18 Å². The maximum Gasteiger partial charge on any atom is 0.434 e. The summed E-state index contributed by atoms with van der Waals surface area (Å²) in [6.07, 6.45) is 0.335. The van der Waals surface area contributed by atoms with Gasteiger partial charge < -0.3 is 20.5 Å². The molecule has 0 aliphatic rings. The first-order valence-corrected chi connectivity index (χ1v) is 12.6. The van der Waals surface area contributed by atoms with Crippen LogP contribution in [0.2, 0.25) is 0 Å². The van der Waals surface area contributed by atoms with Crippen LogP contribution in [0.3, 0.4) is 0 Å². The molecular formula is C28H25F3N8O3. The molecule has 0 aliphatic heterocycles. The highest BCUT2D eigenvalue weighted by Gasteiger charge is 2.40. The number of anilines is 2.